The van der Waals surface area contributed by atoms with Gasteiger partial charge in [0.2, 0.25) is 0 Å². The van der Waals surface area contributed by atoms with E-state index < -0.39 is 0 Å². The minimum Gasteiger partial charge on any atom is -0.381 e. The van der Waals surface area contributed by atoms with Gasteiger partial charge in [0.15, 0.2) is 0 Å². The molecule has 0 spiro atoms. The van der Waals surface area contributed by atoms with Crippen LogP contribution in [0.3, 0.4) is 0 Å². The minimum atomic E-state index is 0.639. The molecule has 0 saturated heterocycles. The van der Waals surface area contributed by atoms with Gasteiger partial charge >= 0.3 is 0 Å². The molecule has 2 nitrogen and oxygen atoms in total. The van der Waals surface area contributed by atoms with Crippen molar-refractivity contribution in [1.82, 2.24) is 4.98 Å². The van der Waals surface area contributed by atoms with Crippen LogP contribution in [-0.4, -0.2) is 11.0 Å². The molecule has 2 rings (SSSR count). The zero-order valence-electron chi connectivity index (χ0n) is 11.4. The molecule has 1 N–H and O–H groups in total. The fourth-order valence-electron chi connectivity index (χ4n) is 2.91. The van der Waals surface area contributed by atoms with E-state index >= 15 is 0 Å². The van der Waals surface area contributed by atoms with Crippen molar-refractivity contribution in [2.45, 2.75) is 58.4 Å². The Balaban J connectivity index is 1.87. The number of halogens is 1. The molecule has 18 heavy (non-hydrogen) atoms. The van der Waals surface area contributed by atoms with Crippen LogP contribution >= 0.6 is 15.9 Å². The lowest BCUT2D eigenvalue weighted by molar-refractivity contribution is 0.319. The van der Waals surface area contributed by atoms with Gasteiger partial charge in [-0.1, -0.05) is 19.8 Å². The van der Waals surface area contributed by atoms with Crippen LogP contribution in [0, 0.1) is 12.8 Å². The highest BCUT2D eigenvalue weighted by Gasteiger charge is 2.20. The first-order chi connectivity index (χ1) is 8.69. The average Bonchev–Trinajstić information content (AvgIpc) is 2.35. The molecule has 1 fully saturated rings. The summed E-state index contributed by atoms with van der Waals surface area (Å²) in [7, 11) is 0. The smallest absolute Gasteiger partial charge is 0.106 e. The van der Waals surface area contributed by atoms with Crippen LogP contribution in [0.2, 0.25) is 0 Å². The van der Waals surface area contributed by atoms with Gasteiger partial charge in [0.25, 0.3) is 0 Å². The Morgan fingerprint density at radius 2 is 2.00 bits per heavy atom. The molecule has 0 aromatic carbocycles. The van der Waals surface area contributed by atoms with Crippen molar-refractivity contribution in [3.05, 3.63) is 22.4 Å². The maximum Gasteiger partial charge on any atom is 0.106 e. The minimum absolute atomic E-state index is 0.639. The first kappa shape index (κ1) is 13.9. The van der Waals surface area contributed by atoms with Crippen LogP contribution in [0.15, 0.2) is 16.7 Å². The molecule has 0 atom stereocenters. The summed E-state index contributed by atoms with van der Waals surface area (Å²) in [6.45, 7) is 4.36. The largest absolute Gasteiger partial charge is 0.381 e. The summed E-state index contributed by atoms with van der Waals surface area (Å²) in [4.78, 5) is 4.44. The van der Waals surface area contributed by atoms with Gasteiger partial charge in [0.05, 0.1) is 11.4 Å². The highest BCUT2D eigenvalue weighted by atomic mass is 79.9. The van der Waals surface area contributed by atoms with Crippen molar-refractivity contribution in [2.24, 2.45) is 5.92 Å². The van der Waals surface area contributed by atoms with Gasteiger partial charge in [-0.15, -0.1) is 0 Å². The van der Waals surface area contributed by atoms with E-state index in [9.17, 15) is 0 Å². The molecule has 1 saturated carbocycles. The molecular weight excluding hydrogens is 288 g/mol. The van der Waals surface area contributed by atoms with E-state index in [4.69, 9.17) is 0 Å². The van der Waals surface area contributed by atoms with Gasteiger partial charge in [-0.2, -0.15) is 0 Å². The van der Waals surface area contributed by atoms with Crippen LogP contribution in [0.4, 0.5) is 5.69 Å². The second-order valence-electron chi connectivity index (χ2n) is 5.42. The van der Waals surface area contributed by atoms with E-state index in [1.807, 2.05) is 6.07 Å². The van der Waals surface area contributed by atoms with Crippen LogP contribution in [0.5, 0.6) is 0 Å². The summed E-state index contributed by atoms with van der Waals surface area (Å²) >= 11 is 3.41. The van der Waals surface area contributed by atoms with Gasteiger partial charge < -0.3 is 5.32 Å². The number of pyridine rings is 1. The number of aromatic nitrogens is 1. The predicted molar refractivity (Wildman–Crippen MR) is 81.0 cm³/mol. The van der Waals surface area contributed by atoms with Crippen LogP contribution in [0.25, 0.3) is 0 Å². The van der Waals surface area contributed by atoms with Crippen molar-refractivity contribution in [1.29, 1.82) is 0 Å². The van der Waals surface area contributed by atoms with Gasteiger partial charge in [-0.05, 0) is 66.6 Å². The molecule has 0 aliphatic heterocycles. The Morgan fingerprint density at radius 3 is 2.61 bits per heavy atom. The van der Waals surface area contributed by atoms with E-state index in [1.165, 1.54) is 44.2 Å². The maximum atomic E-state index is 4.44. The number of aryl methyl sites for hydroxylation is 1. The molecule has 1 aromatic rings. The normalized spacial score (nSPS) is 23.9. The second kappa shape index (κ2) is 6.55. The topological polar surface area (TPSA) is 24.9 Å². The number of rotatable bonds is 4. The van der Waals surface area contributed by atoms with Crippen molar-refractivity contribution in [3.8, 4) is 0 Å². The standard InChI is InChI=1S/C15H23BrN2/c1-3-4-12-5-7-13(8-6-12)18-14-9-10-15(16)17-11(14)2/h9-10,12-13,18H,3-8H2,1-2H3. The van der Waals surface area contributed by atoms with E-state index in [1.54, 1.807) is 0 Å². The Hall–Kier alpha value is -0.570. The Morgan fingerprint density at radius 1 is 1.28 bits per heavy atom. The molecule has 1 aliphatic rings. The fourth-order valence-corrected chi connectivity index (χ4v) is 3.30. The van der Waals surface area contributed by atoms with E-state index in [0.29, 0.717) is 6.04 Å². The summed E-state index contributed by atoms with van der Waals surface area (Å²) in [6.07, 6.45) is 8.12. The quantitative estimate of drug-likeness (QED) is 0.798. The maximum absolute atomic E-state index is 4.44. The first-order valence-electron chi connectivity index (χ1n) is 7.08. The zero-order chi connectivity index (χ0) is 13.0. The summed E-state index contributed by atoms with van der Waals surface area (Å²) in [5.41, 5.74) is 2.28. The van der Waals surface area contributed by atoms with Crippen molar-refractivity contribution < 1.29 is 0 Å². The van der Waals surface area contributed by atoms with Crippen molar-refractivity contribution in [2.75, 3.05) is 5.32 Å². The van der Waals surface area contributed by atoms with E-state index in [-0.39, 0.29) is 0 Å². The first-order valence-corrected chi connectivity index (χ1v) is 7.88. The fraction of sp³-hybridized carbons (Fsp3) is 0.667. The lowest BCUT2D eigenvalue weighted by Crippen LogP contribution is -2.26. The van der Waals surface area contributed by atoms with Gasteiger partial charge in [-0.3, -0.25) is 0 Å². The third kappa shape index (κ3) is 3.71. The lowest BCUT2D eigenvalue weighted by Gasteiger charge is -2.30. The Kier molecular flexibility index (Phi) is 5.04. The van der Waals surface area contributed by atoms with E-state index in [0.717, 1.165) is 16.2 Å². The zero-order valence-corrected chi connectivity index (χ0v) is 13.0. The molecule has 1 aromatic heterocycles. The summed E-state index contributed by atoms with van der Waals surface area (Å²) in [5, 5.41) is 3.66. The Bertz CT molecular complexity index is 384. The van der Waals surface area contributed by atoms with Gasteiger partial charge in [0.1, 0.15) is 4.60 Å². The highest BCUT2D eigenvalue weighted by molar-refractivity contribution is 9.10. The van der Waals surface area contributed by atoms with Gasteiger partial charge in [0, 0.05) is 6.04 Å². The summed E-state index contributed by atoms with van der Waals surface area (Å²) < 4.78 is 0.914. The molecule has 0 amide bonds. The average molecular weight is 311 g/mol. The Labute approximate surface area is 119 Å². The number of hydrogen-bond donors (Lipinski definition) is 1. The number of nitrogens with zero attached hydrogens (tertiary/aromatic N) is 1. The van der Waals surface area contributed by atoms with Gasteiger partial charge in [-0.25, -0.2) is 4.98 Å². The molecule has 1 aliphatic carbocycles. The molecule has 1 heterocycles. The molecule has 0 bridgehead atoms. The van der Waals surface area contributed by atoms with Crippen LogP contribution < -0.4 is 5.32 Å². The third-order valence-electron chi connectivity index (χ3n) is 3.96. The molecule has 0 radical (unpaired) electrons. The highest BCUT2D eigenvalue weighted by Crippen LogP contribution is 2.30. The summed E-state index contributed by atoms with van der Waals surface area (Å²) in [5.74, 6) is 0.970. The van der Waals surface area contributed by atoms with Crippen LogP contribution in [0.1, 0.15) is 51.1 Å². The molecule has 0 unspecified atom stereocenters. The molecular formula is C15H23BrN2. The van der Waals surface area contributed by atoms with Crippen molar-refractivity contribution in [3.63, 3.8) is 0 Å². The number of anilines is 1. The van der Waals surface area contributed by atoms with E-state index in [2.05, 4.69) is 46.1 Å². The molecule has 3 heteroatoms. The predicted octanol–water partition coefficient (Wildman–Crippen LogP) is 4.92. The lowest BCUT2D eigenvalue weighted by atomic mass is 9.83. The SMILES string of the molecule is CCCC1CCC(Nc2ccc(Br)nc2C)CC1. The van der Waals surface area contributed by atoms with Crippen molar-refractivity contribution >= 4 is 21.6 Å². The molecule has 100 valence electrons. The van der Waals surface area contributed by atoms with Crippen LogP contribution in [-0.2, 0) is 0 Å². The second-order valence-corrected chi connectivity index (χ2v) is 6.23. The number of hydrogen-bond acceptors (Lipinski definition) is 2. The monoisotopic (exact) mass is 310 g/mol. The third-order valence-corrected chi connectivity index (χ3v) is 4.40. The number of nitrogens with one attached hydrogen (secondary N) is 1. The summed E-state index contributed by atoms with van der Waals surface area (Å²) in [6, 6.07) is 4.78.